The average molecular weight is 480 g/mol. The van der Waals surface area contributed by atoms with Crippen molar-refractivity contribution in [3.05, 3.63) is 39.0 Å². The van der Waals surface area contributed by atoms with E-state index in [1.54, 1.807) is 14.2 Å². The molecular formula is C22H30ClN5O5. The number of fused-ring (bicyclic) bond motifs is 1. The molecule has 1 aliphatic heterocycles. The first-order valence-electron chi connectivity index (χ1n) is 10.8. The van der Waals surface area contributed by atoms with Crippen molar-refractivity contribution in [1.82, 2.24) is 24.0 Å². The van der Waals surface area contributed by atoms with Gasteiger partial charge in [-0.25, -0.2) is 9.78 Å². The number of methoxy groups -OCH3 is 2. The molecule has 0 aliphatic carbocycles. The number of imidazole rings is 1. The second-order valence-corrected chi connectivity index (χ2v) is 7.67. The third-order valence-electron chi connectivity index (χ3n) is 5.72. The molecule has 1 saturated heterocycles. The molecule has 1 N–H and O–H groups in total. The number of aromatic amines is 1. The minimum atomic E-state index is -0.452. The standard InChI is InChI=1S/C22H29N5O5.ClH/c1-4-8-27-20-17(21(28)24-22(27)29)26(10-9-25-11-13-32-14-12-25)19(23-20)15-6-5-7-16(30-2)18(15)31-3;/h5-7H,4,8-14H2,1-3H3,(H,24,28,29);1H. The number of ether oxygens (including phenoxy) is 3. The molecule has 0 atom stereocenters. The molecule has 1 fully saturated rings. The van der Waals surface area contributed by atoms with Crippen LogP contribution in [0, 0.1) is 0 Å². The Balaban J connectivity index is 0.00000306. The number of nitrogens with one attached hydrogen (secondary N) is 1. The van der Waals surface area contributed by atoms with Crippen LogP contribution in [0.3, 0.4) is 0 Å². The van der Waals surface area contributed by atoms with Gasteiger partial charge >= 0.3 is 5.69 Å². The van der Waals surface area contributed by atoms with E-state index in [0.717, 1.165) is 26.1 Å². The minimum Gasteiger partial charge on any atom is -0.493 e. The number of H-pyrrole nitrogens is 1. The van der Waals surface area contributed by atoms with Crippen molar-refractivity contribution in [2.45, 2.75) is 26.4 Å². The number of morpholine rings is 1. The van der Waals surface area contributed by atoms with Crippen LogP contribution < -0.4 is 20.7 Å². The number of hydrogen-bond donors (Lipinski definition) is 1. The van der Waals surface area contributed by atoms with Crippen molar-refractivity contribution >= 4 is 23.6 Å². The van der Waals surface area contributed by atoms with Crippen LogP contribution in [0.25, 0.3) is 22.6 Å². The van der Waals surface area contributed by atoms with Crippen molar-refractivity contribution in [2.75, 3.05) is 47.1 Å². The van der Waals surface area contributed by atoms with E-state index in [4.69, 9.17) is 19.2 Å². The summed E-state index contributed by atoms with van der Waals surface area (Å²) < 4.78 is 20.0. The van der Waals surface area contributed by atoms with Gasteiger partial charge in [0.1, 0.15) is 5.82 Å². The maximum Gasteiger partial charge on any atom is 0.330 e. The van der Waals surface area contributed by atoms with E-state index in [-0.39, 0.29) is 12.4 Å². The molecular weight excluding hydrogens is 450 g/mol. The molecule has 0 unspecified atom stereocenters. The van der Waals surface area contributed by atoms with E-state index >= 15 is 0 Å². The zero-order valence-electron chi connectivity index (χ0n) is 19.1. The number of halogens is 1. The molecule has 0 bridgehead atoms. The monoisotopic (exact) mass is 479 g/mol. The Morgan fingerprint density at radius 1 is 1.06 bits per heavy atom. The number of benzene rings is 1. The van der Waals surface area contributed by atoms with Gasteiger partial charge < -0.3 is 18.8 Å². The second kappa shape index (κ2) is 10.9. The van der Waals surface area contributed by atoms with Gasteiger partial charge in [-0.15, -0.1) is 12.4 Å². The quantitative estimate of drug-likeness (QED) is 0.524. The molecule has 180 valence electrons. The normalized spacial score (nSPS) is 14.3. The molecule has 10 nitrogen and oxygen atoms in total. The van der Waals surface area contributed by atoms with Crippen LogP contribution >= 0.6 is 12.4 Å². The topological polar surface area (TPSA) is 104 Å². The van der Waals surface area contributed by atoms with E-state index in [1.807, 2.05) is 29.7 Å². The highest BCUT2D eigenvalue weighted by atomic mass is 35.5. The lowest BCUT2D eigenvalue weighted by atomic mass is 10.1. The second-order valence-electron chi connectivity index (χ2n) is 7.67. The van der Waals surface area contributed by atoms with Crippen LogP contribution in [0.4, 0.5) is 0 Å². The van der Waals surface area contributed by atoms with Gasteiger partial charge in [0.2, 0.25) is 0 Å². The fourth-order valence-electron chi connectivity index (χ4n) is 4.16. The average Bonchev–Trinajstić information content (AvgIpc) is 3.20. The van der Waals surface area contributed by atoms with E-state index in [1.165, 1.54) is 4.57 Å². The highest BCUT2D eigenvalue weighted by Gasteiger charge is 2.23. The van der Waals surface area contributed by atoms with E-state index in [9.17, 15) is 9.59 Å². The largest absolute Gasteiger partial charge is 0.493 e. The maximum atomic E-state index is 12.9. The van der Waals surface area contributed by atoms with Gasteiger partial charge in [0.15, 0.2) is 22.7 Å². The smallest absolute Gasteiger partial charge is 0.330 e. The summed E-state index contributed by atoms with van der Waals surface area (Å²) in [6, 6.07) is 5.54. The molecule has 0 saturated carbocycles. The Morgan fingerprint density at radius 3 is 2.48 bits per heavy atom. The van der Waals surface area contributed by atoms with Crippen LogP contribution in [0.15, 0.2) is 27.8 Å². The summed E-state index contributed by atoms with van der Waals surface area (Å²) in [5.74, 6) is 1.65. The van der Waals surface area contributed by atoms with Gasteiger partial charge in [0.05, 0.1) is 33.0 Å². The number of hydrogen-bond acceptors (Lipinski definition) is 7. The molecule has 33 heavy (non-hydrogen) atoms. The number of aromatic nitrogens is 4. The van der Waals surface area contributed by atoms with Crippen molar-refractivity contribution < 1.29 is 14.2 Å². The van der Waals surface area contributed by atoms with Crippen LogP contribution in [-0.4, -0.2) is 71.1 Å². The first-order chi connectivity index (χ1) is 15.6. The number of nitrogens with zero attached hydrogens (tertiary/aromatic N) is 4. The lowest BCUT2D eigenvalue weighted by Gasteiger charge is -2.27. The first kappa shape index (κ1) is 24.8. The van der Waals surface area contributed by atoms with Gasteiger partial charge in [-0.3, -0.25) is 19.2 Å². The summed E-state index contributed by atoms with van der Waals surface area (Å²) >= 11 is 0. The van der Waals surface area contributed by atoms with E-state index in [0.29, 0.717) is 60.4 Å². The summed E-state index contributed by atoms with van der Waals surface area (Å²) in [5, 5.41) is 0. The Kier molecular flexibility index (Phi) is 8.17. The third kappa shape index (κ3) is 4.78. The fourth-order valence-corrected chi connectivity index (χ4v) is 4.16. The molecule has 3 heterocycles. The highest BCUT2D eigenvalue weighted by Crippen LogP contribution is 2.38. The molecule has 0 radical (unpaired) electrons. The third-order valence-corrected chi connectivity index (χ3v) is 5.72. The van der Waals surface area contributed by atoms with Crippen LogP contribution in [0.1, 0.15) is 13.3 Å². The summed E-state index contributed by atoms with van der Waals surface area (Å²) in [4.78, 5) is 35.0. The van der Waals surface area contributed by atoms with Crippen molar-refractivity contribution in [3.8, 4) is 22.9 Å². The van der Waals surface area contributed by atoms with Crippen molar-refractivity contribution in [2.24, 2.45) is 0 Å². The van der Waals surface area contributed by atoms with Crippen LogP contribution in [0.2, 0.25) is 0 Å². The molecule has 0 amide bonds. The summed E-state index contributed by atoms with van der Waals surface area (Å²) in [5.41, 5.74) is 0.555. The number of aryl methyl sites for hydroxylation is 1. The summed E-state index contributed by atoms with van der Waals surface area (Å²) in [7, 11) is 3.15. The first-order valence-corrected chi connectivity index (χ1v) is 10.8. The zero-order chi connectivity index (χ0) is 22.7. The molecule has 3 aromatic rings. The molecule has 2 aromatic heterocycles. The zero-order valence-corrected chi connectivity index (χ0v) is 19.9. The van der Waals surface area contributed by atoms with Gasteiger partial charge in [0.25, 0.3) is 5.56 Å². The molecule has 11 heteroatoms. The van der Waals surface area contributed by atoms with Gasteiger partial charge in [-0.05, 0) is 18.6 Å². The lowest BCUT2D eigenvalue weighted by Crippen LogP contribution is -2.38. The van der Waals surface area contributed by atoms with Gasteiger partial charge in [-0.2, -0.15) is 0 Å². The van der Waals surface area contributed by atoms with Gasteiger partial charge in [0, 0.05) is 32.7 Å². The molecule has 0 spiro atoms. The number of rotatable bonds is 8. The Hall–Kier alpha value is -2.82. The van der Waals surface area contributed by atoms with E-state index < -0.39 is 11.2 Å². The predicted molar refractivity (Wildman–Crippen MR) is 128 cm³/mol. The molecule has 1 aromatic carbocycles. The molecule has 4 rings (SSSR count). The fraction of sp³-hybridized carbons (Fsp3) is 0.500. The number of para-hydroxylation sites is 1. The van der Waals surface area contributed by atoms with Crippen LogP contribution in [-0.2, 0) is 17.8 Å². The van der Waals surface area contributed by atoms with E-state index in [2.05, 4.69) is 9.88 Å². The highest BCUT2D eigenvalue weighted by molar-refractivity contribution is 5.85. The van der Waals surface area contributed by atoms with Crippen LogP contribution in [0.5, 0.6) is 11.5 Å². The van der Waals surface area contributed by atoms with Crippen molar-refractivity contribution in [3.63, 3.8) is 0 Å². The Bertz CT molecular complexity index is 1210. The molecule has 1 aliphatic rings. The Morgan fingerprint density at radius 2 is 1.82 bits per heavy atom. The maximum absolute atomic E-state index is 12.9. The SMILES string of the molecule is CCCn1c(=O)[nH]c(=O)c2c1nc(-c1cccc(OC)c1OC)n2CCN1CCOCC1.Cl. The summed E-state index contributed by atoms with van der Waals surface area (Å²) in [6.45, 7) is 6.74. The summed E-state index contributed by atoms with van der Waals surface area (Å²) in [6.07, 6.45) is 0.736. The lowest BCUT2D eigenvalue weighted by molar-refractivity contribution is 0.0365. The van der Waals surface area contributed by atoms with Crippen molar-refractivity contribution in [1.29, 1.82) is 0 Å². The van der Waals surface area contributed by atoms with Gasteiger partial charge in [-0.1, -0.05) is 13.0 Å². The Labute approximate surface area is 197 Å². The minimum absolute atomic E-state index is 0. The predicted octanol–water partition coefficient (Wildman–Crippen LogP) is 1.73.